The second-order valence-electron chi connectivity index (χ2n) is 3.67. The van der Waals surface area contributed by atoms with E-state index in [-0.39, 0.29) is 0 Å². The van der Waals surface area contributed by atoms with E-state index >= 15 is 0 Å². The summed E-state index contributed by atoms with van der Waals surface area (Å²) < 4.78 is 39.7. The zero-order chi connectivity index (χ0) is 12.8. The number of halogens is 3. The fraction of sp³-hybridized carbons (Fsp3) is 0.889. The molecule has 0 amide bonds. The van der Waals surface area contributed by atoms with Gasteiger partial charge in [-0.25, -0.2) is 0 Å². The molecule has 0 radical (unpaired) electrons. The molecule has 0 fully saturated rings. The maximum Gasteiger partial charge on any atom is 0.411 e. The van der Waals surface area contributed by atoms with Crippen molar-refractivity contribution in [3.63, 3.8) is 0 Å². The first-order valence-electron chi connectivity index (χ1n) is 4.84. The summed E-state index contributed by atoms with van der Waals surface area (Å²) in [6, 6.07) is 0. The number of aliphatic carboxylic acids is 1. The average molecular weight is 243 g/mol. The minimum Gasteiger partial charge on any atom is -0.480 e. The lowest BCUT2D eigenvalue weighted by Gasteiger charge is -2.26. The van der Waals surface area contributed by atoms with Crippen LogP contribution in [0.2, 0.25) is 0 Å². The van der Waals surface area contributed by atoms with Crippen LogP contribution < -0.4 is 5.32 Å². The lowest BCUT2D eigenvalue weighted by atomic mass is 10.0. The second kappa shape index (κ2) is 6.05. The molecular formula is C9H16F3NO3. The molecular weight excluding hydrogens is 227 g/mol. The molecule has 7 heteroatoms. The van der Waals surface area contributed by atoms with Crippen LogP contribution in [0, 0.1) is 0 Å². The molecule has 0 spiro atoms. The van der Waals surface area contributed by atoms with Gasteiger partial charge < -0.3 is 15.2 Å². The Morgan fingerprint density at radius 3 is 2.31 bits per heavy atom. The monoisotopic (exact) mass is 243 g/mol. The van der Waals surface area contributed by atoms with E-state index in [0.717, 1.165) is 0 Å². The molecule has 0 aromatic heterocycles. The number of ether oxygens (including phenoxy) is 1. The molecule has 16 heavy (non-hydrogen) atoms. The molecule has 0 aliphatic carbocycles. The number of rotatable bonds is 7. The van der Waals surface area contributed by atoms with E-state index in [1.54, 1.807) is 0 Å². The highest BCUT2D eigenvalue weighted by molar-refractivity contribution is 5.78. The van der Waals surface area contributed by atoms with Crippen LogP contribution in [-0.2, 0) is 9.53 Å². The van der Waals surface area contributed by atoms with Crippen molar-refractivity contribution in [3.8, 4) is 0 Å². The normalized spacial score (nSPS) is 15.8. The van der Waals surface area contributed by atoms with E-state index in [1.807, 2.05) is 6.92 Å². The summed E-state index contributed by atoms with van der Waals surface area (Å²) in [5, 5.41) is 11.5. The lowest BCUT2D eigenvalue weighted by molar-refractivity contribution is -0.181. The van der Waals surface area contributed by atoms with Crippen molar-refractivity contribution in [2.45, 2.75) is 32.0 Å². The summed E-state index contributed by atoms with van der Waals surface area (Å²) in [6.45, 7) is 1.55. The highest BCUT2D eigenvalue weighted by atomic mass is 19.4. The van der Waals surface area contributed by atoms with E-state index in [4.69, 9.17) is 5.11 Å². The van der Waals surface area contributed by atoms with Crippen molar-refractivity contribution in [3.05, 3.63) is 0 Å². The molecule has 0 rings (SSSR count). The van der Waals surface area contributed by atoms with Crippen LogP contribution in [0.4, 0.5) is 13.2 Å². The first-order valence-corrected chi connectivity index (χ1v) is 4.84. The number of nitrogens with one attached hydrogen (secondary N) is 1. The van der Waals surface area contributed by atoms with Gasteiger partial charge in [0.1, 0.15) is 12.1 Å². The number of alkyl halides is 3. The molecule has 0 bridgehead atoms. The van der Waals surface area contributed by atoms with Crippen molar-refractivity contribution in [1.29, 1.82) is 0 Å². The van der Waals surface area contributed by atoms with E-state index < -0.39 is 30.9 Å². The van der Waals surface area contributed by atoms with Gasteiger partial charge in [0.05, 0.1) is 6.61 Å². The first-order chi connectivity index (χ1) is 7.21. The van der Waals surface area contributed by atoms with Gasteiger partial charge in [-0.15, -0.1) is 0 Å². The lowest BCUT2D eigenvalue weighted by Crippen LogP contribution is -2.53. The van der Waals surface area contributed by atoms with Gasteiger partial charge in [0.2, 0.25) is 0 Å². The van der Waals surface area contributed by atoms with Crippen molar-refractivity contribution in [1.82, 2.24) is 5.32 Å². The zero-order valence-corrected chi connectivity index (χ0v) is 9.23. The molecule has 0 saturated carbocycles. The first kappa shape index (κ1) is 15.2. The van der Waals surface area contributed by atoms with Crippen molar-refractivity contribution < 1.29 is 27.8 Å². The van der Waals surface area contributed by atoms with E-state index in [9.17, 15) is 18.0 Å². The molecule has 0 aliphatic rings. The fourth-order valence-corrected chi connectivity index (χ4v) is 0.960. The molecule has 96 valence electrons. The van der Waals surface area contributed by atoms with Crippen LogP contribution in [0.5, 0.6) is 0 Å². The Labute approximate surface area is 91.8 Å². The second-order valence-corrected chi connectivity index (χ2v) is 3.67. The third kappa shape index (κ3) is 5.92. The van der Waals surface area contributed by atoms with Crippen molar-refractivity contribution in [2.75, 3.05) is 19.8 Å². The van der Waals surface area contributed by atoms with E-state index in [1.165, 1.54) is 6.92 Å². The standard InChI is InChI=1S/C9H16F3NO3/c1-3-4-13-8(2,7(14)15)5-16-6-9(10,11)12/h13H,3-6H2,1-2H3,(H,14,15). The summed E-state index contributed by atoms with van der Waals surface area (Å²) in [5.41, 5.74) is -1.48. The number of hydrogen-bond donors (Lipinski definition) is 2. The summed E-state index contributed by atoms with van der Waals surface area (Å²) in [5.74, 6) is -1.23. The zero-order valence-electron chi connectivity index (χ0n) is 9.23. The van der Waals surface area contributed by atoms with Crippen molar-refractivity contribution >= 4 is 5.97 Å². The van der Waals surface area contributed by atoms with Gasteiger partial charge in [-0.2, -0.15) is 13.2 Å². The molecule has 1 atom stereocenters. The molecule has 0 heterocycles. The Kier molecular flexibility index (Phi) is 5.74. The smallest absolute Gasteiger partial charge is 0.411 e. The average Bonchev–Trinajstić information content (AvgIpc) is 2.12. The number of hydrogen-bond acceptors (Lipinski definition) is 3. The third-order valence-corrected chi connectivity index (χ3v) is 1.89. The Morgan fingerprint density at radius 1 is 1.38 bits per heavy atom. The van der Waals surface area contributed by atoms with E-state index in [2.05, 4.69) is 10.1 Å². The maximum atomic E-state index is 11.8. The summed E-state index contributed by atoms with van der Waals surface area (Å²) in [6.07, 6.45) is -3.76. The van der Waals surface area contributed by atoms with Gasteiger partial charge in [0, 0.05) is 0 Å². The quantitative estimate of drug-likeness (QED) is 0.709. The molecule has 0 aromatic rings. The molecule has 0 aromatic carbocycles. The maximum absolute atomic E-state index is 11.8. The Hall–Kier alpha value is -0.820. The Balaban J connectivity index is 4.18. The van der Waals surface area contributed by atoms with Gasteiger partial charge in [0.25, 0.3) is 0 Å². The van der Waals surface area contributed by atoms with Crippen LogP contribution in [0.1, 0.15) is 20.3 Å². The van der Waals surface area contributed by atoms with Crippen LogP contribution >= 0.6 is 0 Å². The predicted molar refractivity (Wildman–Crippen MR) is 51.2 cm³/mol. The van der Waals surface area contributed by atoms with Crippen LogP contribution in [0.25, 0.3) is 0 Å². The highest BCUT2D eigenvalue weighted by Gasteiger charge is 2.35. The van der Waals surface area contributed by atoms with Gasteiger partial charge >= 0.3 is 12.1 Å². The molecule has 1 unspecified atom stereocenters. The Bertz CT molecular complexity index is 233. The minimum absolute atomic E-state index is 0.401. The topological polar surface area (TPSA) is 58.6 Å². The Morgan fingerprint density at radius 2 is 1.94 bits per heavy atom. The van der Waals surface area contributed by atoms with E-state index in [0.29, 0.717) is 13.0 Å². The van der Waals surface area contributed by atoms with Gasteiger partial charge in [-0.3, -0.25) is 4.79 Å². The highest BCUT2D eigenvalue weighted by Crippen LogP contribution is 2.16. The predicted octanol–water partition coefficient (Wildman–Crippen LogP) is 1.41. The van der Waals surface area contributed by atoms with Crippen LogP contribution in [-0.4, -0.2) is 42.5 Å². The minimum atomic E-state index is -4.44. The summed E-state index contributed by atoms with van der Waals surface area (Å²) >= 11 is 0. The largest absolute Gasteiger partial charge is 0.480 e. The SMILES string of the molecule is CCCNC(C)(COCC(F)(F)F)C(=O)O. The third-order valence-electron chi connectivity index (χ3n) is 1.89. The fourth-order valence-electron chi connectivity index (χ4n) is 0.960. The van der Waals surface area contributed by atoms with Gasteiger partial charge in [0.15, 0.2) is 0 Å². The molecule has 2 N–H and O–H groups in total. The number of carboxylic acids is 1. The molecule has 4 nitrogen and oxygen atoms in total. The van der Waals surface area contributed by atoms with Gasteiger partial charge in [-0.05, 0) is 19.9 Å². The van der Waals surface area contributed by atoms with Crippen molar-refractivity contribution in [2.24, 2.45) is 0 Å². The van der Waals surface area contributed by atoms with Crippen LogP contribution in [0.3, 0.4) is 0 Å². The number of carboxylic acid groups (broad SMARTS) is 1. The van der Waals surface area contributed by atoms with Gasteiger partial charge in [-0.1, -0.05) is 6.92 Å². The number of carbonyl (C=O) groups is 1. The molecule has 0 aliphatic heterocycles. The molecule has 0 saturated heterocycles. The summed E-state index contributed by atoms with van der Waals surface area (Å²) in [7, 11) is 0. The summed E-state index contributed by atoms with van der Waals surface area (Å²) in [4.78, 5) is 10.9. The van der Waals surface area contributed by atoms with Crippen LogP contribution in [0.15, 0.2) is 0 Å².